The van der Waals surface area contributed by atoms with Crippen molar-refractivity contribution in [2.45, 2.75) is 0 Å². The number of allylic oxidation sites excluding steroid dienone is 2. The van der Waals surface area contributed by atoms with Gasteiger partial charge < -0.3 is 9.47 Å². The molecule has 2 heteroatoms. The molecule has 0 fully saturated rings. The molecule has 0 spiro atoms. The molecule has 0 atom stereocenters. The van der Waals surface area contributed by atoms with Crippen LogP contribution in [0.4, 0.5) is 0 Å². The van der Waals surface area contributed by atoms with E-state index in [0.717, 1.165) is 0 Å². The summed E-state index contributed by atoms with van der Waals surface area (Å²) in [6, 6.07) is 0. The molecule has 0 aromatic carbocycles. The van der Waals surface area contributed by atoms with E-state index in [1.54, 1.807) is 12.2 Å². The molecule has 0 amide bonds. The van der Waals surface area contributed by atoms with Crippen LogP contribution in [0.15, 0.2) is 12.2 Å². The molecule has 2 nitrogen and oxygen atoms in total. The first-order chi connectivity index (χ1) is 3.50. The molecule has 0 aromatic heterocycles. The molecule has 36 valence electrons. The van der Waals surface area contributed by atoms with Crippen LogP contribution in [0.1, 0.15) is 0 Å². The van der Waals surface area contributed by atoms with E-state index in [0.29, 0.717) is 0 Å². The van der Waals surface area contributed by atoms with Gasteiger partial charge in [0.05, 0.1) is 0 Å². The first-order valence-corrected chi connectivity index (χ1v) is 1.90. The summed E-state index contributed by atoms with van der Waals surface area (Å²) in [6.07, 6.45) is 8.14. The minimum atomic E-state index is 0.215. The van der Waals surface area contributed by atoms with Crippen molar-refractivity contribution in [1.29, 1.82) is 0 Å². The largest absolute Gasteiger partial charge is 0.454 e. The van der Waals surface area contributed by atoms with E-state index >= 15 is 0 Å². The van der Waals surface area contributed by atoms with E-state index in [1.165, 1.54) is 0 Å². The summed E-state index contributed by atoms with van der Waals surface area (Å²) in [7, 11) is 0. The van der Waals surface area contributed by atoms with Crippen molar-refractivity contribution in [3.8, 4) is 0 Å². The molecule has 0 saturated heterocycles. The van der Waals surface area contributed by atoms with Crippen molar-refractivity contribution in [2.75, 3.05) is 6.79 Å². The van der Waals surface area contributed by atoms with E-state index in [9.17, 15) is 0 Å². The number of ether oxygens (including phenoxy) is 2. The molecule has 0 aliphatic carbocycles. The Morgan fingerprint density at radius 2 is 1.71 bits per heavy atom. The highest BCUT2D eigenvalue weighted by Gasteiger charge is 1.80. The molecule has 1 rings (SSSR count). The van der Waals surface area contributed by atoms with Crippen LogP contribution in [-0.2, 0) is 9.47 Å². The lowest BCUT2D eigenvalue weighted by Crippen LogP contribution is -1.85. The summed E-state index contributed by atoms with van der Waals surface area (Å²) in [5.41, 5.74) is 0. The average Bonchev–Trinajstić information content (AvgIpc) is 1.90. The van der Waals surface area contributed by atoms with Gasteiger partial charge in [0.1, 0.15) is 0 Å². The maximum Gasteiger partial charge on any atom is 0.231 e. The van der Waals surface area contributed by atoms with Gasteiger partial charge in [0.25, 0.3) is 0 Å². The predicted molar refractivity (Wildman–Crippen MR) is 22.7 cm³/mol. The van der Waals surface area contributed by atoms with Crippen LogP contribution in [0.5, 0.6) is 0 Å². The van der Waals surface area contributed by atoms with Gasteiger partial charge in [-0.05, 0) is 12.2 Å². The van der Waals surface area contributed by atoms with E-state index < -0.39 is 0 Å². The molecule has 1 aliphatic rings. The molecule has 0 unspecified atom stereocenters. The summed E-state index contributed by atoms with van der Waals surface area (Å²) in [5, 5.41) is 0. The quantitative estimate of drug-likeness (QED) is 0.440. The minimum Gasteiger partial charge on any atom is -0.454 e. The highest BCUT2D eigenvalue weighted by Crippen LogP contribution is 1.86. The summed E-state index contributed by atoms with van der Waals surface area (Å²) < 4.78 is 9.15. The second-order valence-corrected chi connectivity index (χ2v) is 0.976. The number of rotatable bonds is 0. The highest BCUT2D eigenvalue weighted by molar-refractivity contribution is 4.90. The van der Waals surface area contributed by atoms with Gasteiger partial charge in [0, 0.05) is 0 Å². The first-order valence-electron chi connectivity index (χ1n) is 1.90. The van der Waals surface area contributed by atoms with Crippen LogP contribution < -0.4 is 0 Å². The number of hydrogen-bond donors (Lipinski definition) is 0. The first kappa shape index (κ1) is 4.24. The normalized spacial score (nSPS) is 17.1. The van der Waals surface area contributed by atoms with Crippen molar-refractivity contribution in [3.05, 3.63) is 24.7 Å². The van der Waals surface area contributed by atoms with Crippen LogP contribution in [0.25, 0.3) is 0 Å². The summed E-state index contributed by atoms with van der Waals surface area (Å²) in [6.45, 7) is 0.215. The Labute approximate surface area is 42.0 Å². The van der Waals surface area contributed by atoms with Crippen molar-refractivity contribution < 1.29 is 9.47 Å². The lowest BCUT2D eigenvalue weighted by molar-refractivity contribution is 0.0294. The van der Waals surface area contributed by atoms with Crippen LogP contribution in [0, 0.1) is 12.5 Å². The fraction of sp³-hybridized carbons (Fsp3) is 0.200. The lowest BCUT2D eigenvalue weighted by atomic mass is 10.6. The molecular formula is C5H4O2. The Hall–Kier alpha value is -0.920. The third-order valence-electron chi connectivity index (χ3n) is 0.504. The van der Waals surface area contributed by atoms with E-state index in [4.69, 9.17) is 0 Å². The van der Waals surface area contributed by atoms with Gasteiger partial charge >= 0.3 is 0 Å². The maximum absolute atomic E-state index is 4.57. The fourth-order valence-corrected chi connectivity index (χ4v) is 0.262. The zero-order valence-corrected chi connectivity index (χ0v) is 3.68. The Morgan fingerprint density at radius 3 is 2.29 bits per heavy atom. The van der Waals surface area contributed by atoms with Gasteiger partial charge in [0.15, 0.2) is 12.5 Å². The third-order valence-corrected chi connectivity index (χ3v) is 0.504. The molecule has 0 aromatic rings. The fourth-order valence-electron chi connectivity index (χ4n) is 0.262. The predicted octanol–water partition coefficient (Wildman–Crippen LogP) is 0.624. The standard InChI is InChI=1S/C5H4O2/c1-2-4-7-5-6-3-1/h1-2H,5H2. The highest BCUT2D eigenvalue weighted by atomic mass is 16.7. The van der Waals surface area contributed by atoms with E-state index in [2.05, 4.69) is 22.0 Å². The molecule has 0 bridgehead atoms. The molecule has 1 heterocycles. The van der Waals surface area contributed by atoms with Gasteiger partial charge in [0.2, 0.25) is 6.79 Å². The summed E-state index contributed by atoms with van der Waals surface area (Å²) in [5.74, 6) is 0. The molecule has 0 N–H and O–H groups in total. The zero-order chi connectivity index (χ0) is 4.95. The Morgan fingerprint density at radius 1 is 1.14 bits per heavy atom. The molecular weight excluding hydrogens is 92.1 g/mol. The molecule has 2 radical (unpaired) electrons. The van der Waals surface area contributed by atoms with Gasteiger partial charge in [-0.25, -0.2) is 0 Å². The summed E-state index contributed by atoms with van der Waals surface area (Å²) >= 11 is 0. The Bertz CT molecular complexity index is 82.3. The minimum absolute atomic E-state index is 0.215. The smallest absolute Gasteiger partial charge is 0.231 e. The van der Waals surface area contributed by atoms with Gasteiger partial charge in [-0.3, -0.25) is 0 Å². The van der Waals surface area contributed by atoms with Crippen LogP contribution in [0.3, 0.4) is 0 Å². The van der Waals surface area contributed by atoms with Crippen LogP contribution >= 0.6 is 0 Å². The Kier molecular flexibility index (Phi) is 1.39. The van der Waals surface area contributed by atoms with Crippen molar-refractivity contribution in [2.24, 2.45) is 0 Å². The van der Waals surface area contributed by atoms with Crippen molar-refractivity contribution in [1.82, 2.24) is 0 Å². The van der Waals surface area contributed by atoms with E-state index in [-0.39, 0.29) is 6.79 Å². The monoisotopic (exact) mass is 96.0 g/mol. The third kappa shape index (κ3) is 1.30. The molecule has 1 aliphatic heterocycles. The number of hydrogen-bond acceptors (Lipinski definition) is 2. The lowest BCUT2D eigenvalue weighted by Gasteiger charge is -1.91. The van der Waals surface area contributed by atoms with E-state index in [1.807, 2.05) is 0 Å². The van der Waals surface area contributed by atoms with Crippen LogP contribution in [0.2, 0.25) is 0 Å². The van der Waals surface area contributed by atoms with Gasteiger partial charge in [-0.2, -0.15) is 0 Å². The maximum atomic E-state index is 4.57. The Balaban J connectivity index is 2.39. The van der Waals surface area contributed by atoms with Gasteiger partial charge in [-0.1, -0.05) is 0 Å². The zero-order valence-electron chi connectivity index (χ0n) is 3.68. The second kappa shape index (κ2) is 2.29. The van der Waals surface area contributed by atoms with Crippen LogP contribution in [-0.4, -0.2) is 6.79 Å². The van der Waals surface area contributed by atoms with Crippen molar-refractivity contribution in [3.63, 3.8) is 0 Å². The SMILES string of the molecule is [C]1=CC=[C]OCO1. The van der Waals surface area contributed by atoms with Crippen molar-refractivity contribution >= 4 is 0 Å². The molecule has 7 heavy (non-hydrogen) atoms. The molecule has 0 saturated carbocycles. The van der Waals surface area contributed by atoms with Gasteiger partial charge in [-0.15, -0.1) is 0 Å². The summed E-state index contributed by atoms with van der Waals surface area (Å²) in [4.78, 5) is 0. The topological polar surface area (TPSA) is 18.5 Å². The average molecular weight is 96.1 g/mol. The second-order valence-electron chi connectivity index (χ2n) is 0.976.